The second-order valence-electron chi connectivity index (χ2n) is 8.26. The largest absolute Gasteiger partial charge is 0.0729 e. The van der Waals surface area contributed by atoms with Gasteiger partial charge in [0.1, 0.15) is 0 Å². The topological polar surface area (TPSA) is 0 Å². The van der Waals surface area contributed by atoms with Crippen molar-refractivity contribution in [2.75, 3.05) is 0 Å². The van der Waals surface area contributed by atoms with E-state index in [1.807, 2.05) is 0 Å². The van der Waals surface area contributed by atoms with Crippen LogP contribution in [0.4, 0.5) is 0 Å². The smallest absolute Gasteiger partial charge is 0.00636 e. The van der Waals surface area contributed by atoms with E-state index in [0.29, 0.717) is 17.8 Å². The Labute approximate surface area is 145 Å². The summed E-state index contributed by atoms with van der Waals surface area (Å²) >= 11 is 0. The molecule has 0 nitrogen and oxygen atoms in total. The van der Waals surface area contributed by atoms with E-state index in [2.05, 4.69) is 93.6 Å². The molecule has 1 saturated carbocycles. The third-order valence-electron chi connectivity index (χ3n) is 5.69. The van der Waals surface area contributed by atoms with Crippen LogP contribution in [0.1, 0.15) is 50.2 Å². The molecule has 3 unspecified atom stereocenters. The van der Waals surface area contributed by atoms with Gasteiger partial charge in [-0.05, 0) is 34.5 Å². The van der Waals surface area contributed by atoms with Crippen LogP contribution in [0.5, 0.6) is 0 Å². The predicted octanol–water partition coefficient (Wildman–Crippen LogP) is 6.49. The van der Waals surface area contributed by atoms with Gasteiger partial charge in [0, 0.05) is 11.8 Å². The number of hydrogen-bond acceptors (Lipinski definition) is 0. The quantitative estimate of drug-likeness (QED) is 0.594. The summed E-state index contributed by atoms with van der Waals surface area (Å²) < 4.78 is 0. The standard InChI is InChI=1S/C24H26/c1-24(2,3)19-14-22-20(17-10-6-4-7-11-17)16-21(23(22)15-19)18-12-8-5-9-13-18/h4-15,20-22H,16H2,1-3H3. The molecule has 2 aromatic rings. The summed E-state index contributed by atoms with van der Waals surface area (Å²) in [6.07, 6.45) is 6.28. The molecule has 0 bridgehead atoms. The van der Waals surface area contributed by atoms with E-state index in [1.54, 1.807) is 5.57 Å². The van der Waals surface area contributed by atoms with Gasteiger partial charge in [0.25, 0.3) is 0 Å². The minimum Gasteiger partial charge on any atom is -0.0729 e. The fourth-order valence-corrected chi connectivity index (χ4v) is 4.36. The zero-order valence-electron chi connectivity index (χ0n) is 14.9. The molecule has 0 spiro atoms. The van der Waals surface area contributed by atoms with Gasteiger partial charge in [0.05, 0.1) is 0 Å². The summed E-state index contributed by atoms with van der Waals surface area (Å²) in [6.45, 7) is 6.98. The van der Waals surface area contributed by atoms with E-state index in [1.165, 1.54) is 23.1 Å². The average Bonchev–Trinajstić information content (AvgIpc) is 3.15. The molecule has 0 radical (unpaired) electrons. The Balaban J connectivity index is 1.77. The molecule has 0 heteroatoms. The van der Waals surface area contributed by atoms with E-state index in [9.17, 15) is 0 Å². The Kier molecular flexibility index (Phi) is 3.72. The van der Waals surface area contributed by atoms with Crippen LogP contribution in [0.15, 0.2) is 84.0 Å². The van der Waals surface area contributed by atoms with Gasteiger partial charge in [0.2, 0.25) is 0 Å². The lowest BCUT2D eigenvalue weighted by Crippen LogP contribution is -2.08. The molecular formula is C24H26. The second-order valence-corrected chi connectivity index (χ2v) is 8.26. The fourth-order valence-electron chi connectivity index (χ4n) is 4.36. The number of allylic oxidation sites excluding steroid dienone is 4. The highest BCUT2D eigenvalue weighted by molar-refractivity contribution is 5.50. The molecule has 2 aliphatic rings. The molecule has 0 N–H and O–H groups in total. The predicted molar refractivity (Wildman–Crippen MR) is 102 cm³/mol. The van der Waals surface area contributed by atoms with Gasteiger partial charge in [-0.1, -0.05) is 99.2 Å². The average molecular weight is 314 g/mol. The van der Waals surface area contributed by atoms with Gasteiger partial charge < -0.3 is 0 Å². The molecule has 0 heterocycles. The van der Waals surface area contributed by atoms with Gasteiger partial charge in [-0.2, -0.15) is 0 Å². The van der Waals surface area contributed by atoms with E-state index in [0.717, 1.165) is 0 Å². The number of hydrogen-bond donors (Lipinski definition) is 0. The van der Waals surface area contributed by atoms with Crippen LogP contribution in [0.3, 0.4) is 0 Å². The molecule has 0 aromatic heterocycles. The van der Waals surface area contributed by atoms with Crippen molar-refractivity contribution >= 4 is 0 Å². The Morgan fingerprint density at radius 3 is 1.96 bits per heavy atom. The van der Waals surface area contributed by atoms with Gasteiger partial charge in [0.15, 0.2) is 0 Å². The van der Waals surface area contributed by atoms with Crippen molar-refractivity contribution in [3.63, 3.8) is 0 Å². The monoisotopic (exact) mass is 314 g/mol. The zero-order valence-corrected chi connectivity index (χ0v) is 14.9. The van der Waals surface area contributed by atoms with Crippen molar-refractivity contribution in [1.82, 2.24) is 0 Å². The number of benzene rings is 2. The van der Waals surface area contributed by atoms with Crippen LogP contribution in [0.25, 0.3) is 0 Å². The Morgan fingerprint density at radius 2 is 1.38 bits per heavy atom. The van der Waals surface area contributed by atoms with Crippen molar-refractivity contribution in [3.8, 4) is 0 Å². The molecule has 2 aromatic carbocycles. The van der Waals surface area contributed by atoms with Crippen molar-refractivity contribution in [2.45, 2.75) is 39.0 Å². The highest BCUT2D eigenvalue weighted by Gasteiger charge is 2.42. The van der Waals surface area contributed by atoms with E-state index in [-0.39, 0.29) is 5.41 Å². The molecule has 24 heavy (non-hydrogen) atoms. The van der Waals surface area contributed by atoms with Crippen molar-refractivity contribution < 1.29 is 0 Å². The lowest BCUT2D eigenvalue weighted by molar-refractivity contribution is 0.512. The van der Waals surface area contributed by atoms with Crippen LogP contribution in [0.2, 0.25) is 0 Å². The summed E-state index contributed by atoms with van der Waals surface area (Å²) in [7, 11) is 0. The molecule has 2 aliphatic carbocycles. The van der Waals surface area contributed by atoms with Gasteiger partial charge in [-0.3, -0.25) is 0 Å². The third-order valence-corrected chi connectivity index (χ3v) is 5.69. The van der Waals surface area contributed by atoms with Crippen molar-refractivity contribution in [1.29, 1.82) is 0 Å². The first kappa shape index (κ1) is 15.4. The summed E-state index contributed by atoms with van der Waals surface area (Å²) in [5, 5.41) is 0. The van der Waals surface area contributed by atoms with Crippen LogP contribution in [-0.4, -0.2) is 0 Å². The zero-order chi connectivity index (χ0) is 16.7. The maximum Gasteiger partial charge on any atom is 0.00636 e. The molecular weight excluding hydrogens is 288 g/mol. The number of fused-ring (bicyclic) bond motifs is 1. The Morgan fingerprint density at radius 1 is 0.792 bits per heavy atom. The van der Waals surface area contributed by atoms with E-state index in [4.69, 9.17) is 0 Å². The lowest BCUT2D eigenvalue weighted by atomic mass is 9.84. The maximum absolute atomic E-state index is 2.55. The molecule has 3 atom stereocenters. The van der Waals surface area contributed by atoms with Crippen molar-refractivity contribution in [2.24, 2.45) is 11.3 Å². The normalized spacial score (nSPS) is 26.0. The van der Waals surface area contributed by atoms with Gasteiger partial charge in [-0.25, -0.2) is 0 Å². The van der Waals surface area contributed by atoms with E-state index < -0.39 is 0 Å². The molecule has 1 fully saturated rings. The SMILES string of the molecule is CC(C)(C)C1=CC2C(=C1)C(c1ccccc1)CC2c1ccccc1. The minimum atomic E-state index is 0.222. The summed E-state index contributed by atoms with van der Waals surface area (Å²) in [5.74, 6) is 1.71. The minimum absolute atomic E-state index is 0.222. The summed E-state index contributed by atoms with van der Waals surface area (Å²) in [6, 6.07) is 22.1. The van der Waals surface area contributed by atoms with Crippen LogP contribution >= 0.6 is 0 Å². The first-order chi connectivity index (χ1) is 11.5. The molecule has 0 saturated heterocycles. The maximum atomic E-state index is 2.55. The first-order valence-corrected chi connectivity index (χ1v) is 9.08. The first-order valence-electron chi connectivity index (χ1n) is 9.08. The highest BCUT2D eigenvalue weighted by Crippen LogP contribution is 2.56. The van der Waals surface area contributed by atoms with Crippen LogP contribution in [-0.2, 0) is 0 Å². The van der Waals surface area contributed by atoms with Gasteiger partial charge >= 0.3 is 0 Å². The molecule has 122 valence electrons. The van der Waals surface area contributed by atoms with Crippen LogP contribution in [0, 0.1) is 11.3 Å². The third kappa shape index (κ3) is 2.65. The van der Waals surface area contributed by atoms with Crippen LogP contribution < -0.4 is 0 Å². The van der Waals surface area contributed by atoms with Crippen molar-refractivity contribution in [3.05, 3.63) is 95.1 Å². The number of rotatable bonds is 2. The second kappa shape index (κ2) is 5.77. The summed E-state index contributed by atoms with van der Waals surface area (Å²) in [5.41, 5.74) is 6.30. The highest BCUT2D eigenvalue weighted by atomic mass is 14.5. The molecule has 0 amide bonds. The molecule has 0 aliphatic heterocycles. The van der Waals surface area contributed by atoms with E-state index >= 15 is 0 Å². The van der Waals surface area contributed by atoms with Gasteiger partial charge in [-0.15, -0.1) is 0 Å². The lowest BCUT2D eigenvalue weighted by Gasteiger charge is -2.21. The Hall–Kier alpha value is -2.08. The fraction of sp³-hybridized carbons (Fsp3) is 0.333. The molecule has 4 rings (SSSR count). The summed E-state index contributed by atoms with van der Waals surface area (Å²) in [4.78, 5) is 0. The Bertz CT molecular complexity index is 772.